The zero-order chi connectivity index (χ0) is 12.9. The summed E-state index contributed by atoms with van der Waals surface area (Å²) in [5.41, 5.74) is 0.154. The molecule has 1 fully saturated rings. The van der Waals surface area contributed by atoms with Crippen LogP contribution in [0, 0.1) is 11.3 Å². The molecule has 0 spiro atoms. The van der Waals surface area contributed by atoms with Crippen LogP contribution in [0.5, 0.6) is 0 Å². The van der Waals surface area contributed by atoms with E-state index in [1.165, 1.54) is 12.8 Å². The molecule has 0 radical (unpaired) electrons. The van der Waals surface area contributed by atoms with Crippen LogP contribution in [0.15, 0.2) is 0 Å². The summed E-state index contributed by atoms with van der Waals surface area (Å²) in [7, 11) is 2.04. The second-order valence-electron chi connectivity index (χ2n) is 6.03. The summed E-state index contributed by atoms with van der Waals surface area (Å²) in [5, 5.41) is 3.46. The van der Waals surface area contributed by atoms with Crippen LogP contribution in [0.2, 0.25) is 0 Å². The molecule has 0 amide bonds. The van der Waals surface area contributed by atoms with E-state index >= 15 is 0 Å². The molecule has 0 aliphatic carbocycles. The highest BCUT2D eigenvalue weighted by Crippen LogP contribution is 2.30. The number of hydrogen-bond donors (Lipinski definition) is 1. The Balaban J connectivity index is 2.72. The van der Waals surface area contributed by atoms with E-state index in [0.29, 0.717) is 12.0 Å². The molecule has 3 nitrogen and oxygen atoms in total. The molecule has 3 unspecified atom stereocenters. The normalized spacial score (nSPS) is 25.6. The zero-order valence-electron chi connectivity index (χ0n) is 12.1. The van der Waals surface area contributed by atoms with E-state index in [9.17, 15) is 0 Å². The topological polar surface area (TPSA) is 30.5 Å². The molecule has 1 saturated heterocycles. The van der Waals surface area contributed by atoms with Crippen LogP contribution < -0.4 is 5.32 Å². The van der Waals surface area contributed by atoms with Gasteiger partial charge in [-0.15, -0.1) is 0 Å². The summed E-state index contributed by atoms with van der Waals surface area (Å²) in [6.45, 7) is 11.4. The highest BCUT2D eigenvalue weighted by molar-refractivity contribution is 4.90. The summed E-state index contributed by atoms with van der Waals surface area (Å²) in [4.78, 5) is 0. The van der Waals surface area contributed by atoms with Gasteiger partial charge in [0, 0.05) is 25.2 Å². The van der Waals surface area contributed by atoms with Crippen LogP contribution in [0.4, 0.5) is 0 Å². The average molecular weight is 243 g/mol. The molecule has 3 heteroatoms. The van der Waals surface area contributed by atoms with Gasteiger partial charge < -0.3 is 14.8 Å². The maximum Gasteiger partial charge on any atom is 0.0779 e. The summed E-state index contributed by atoms with van der Waals surface area (Å²) >= 11 is 0. The van der Waals surface area contributed by atoms with Crippen LogP contribution in [0.1, 0.15) is 40.5 Å². The second kappa shape index (κ2) is 6.72. The zero-order valence-corrected chi connectivity index (χ0v) is 12.1. The molecule has 17 heavy (non-hydrogen) atoms. The van der Waals surface area contributed by atoms with Crippen molar-refractivity contribution in [2.75, 3.05) is 26.9 Å². The van der Waals surface area contributed by atoms with Crippen molar-refractivity contribution >= 4 is 0 Å². The molecule has 1 aliphatic heterocycles. The Hall–Kier alpha value is -0.120. The molecule has 0 aromatic rings. The molecule has 3 atom stereocenters. The lowest BCUT2D eigenvalue weighted by molar-refractivity contribution is -0.0671. The Bertz CT molecular complexity index is 207. The Kier molecular flexibility index (Phi) is 5.90. The fraction of sp³-hybridized carbons (Fsp3) is 1.00. The lowest BCUT2D eigenvalue weighted by atomic mass is 9.78. The maximum atomic E-state index is 5.99. The fourth-order valence-electron chi connectivity index (χ4n) is 2.76. The first-order chi connectivity index (χ1) is 8.00. The highest BCUT2D eigenvalue weighted by atomic mass is 16.5. The smallest absolute Gasteiger partial charge is 0.0779 e. The van der Waals surface area contributed by atoms with Gasteiger partial charge in [0.1, 0.15) is 0 Å². The fourth-order valence-corrected chi connectivity index (χ4v) is 2.76. The average Bonchev–Trinajstić information content (AvgIpc) is 2.29. The minimum absolute atomic E-state index is 0.154. The van der Waals surface area contributed by atoms with E-state index < -0.39 is 0 Å². The molecule has 102 valence electrons. The van der Waals surface area contributed by atoms with E-state index in [0.717, 1.165) is 19.8 Å². The molecular weight excluding hydrogens is 214 g/mol. The van der Waals surface area contributed by atoms with Crippen LogP contribution in [-0.2, 0) is 9.47 Å². The summed E-state index contributed by atoms with van der Waals surface area (Å²) in [5.74, 6) is 0.574. The van der Waals surface area contributed by atoms with Gasteiger partial charge in [-0.3, -0.25) is 0 Å². The van der Waals surface area contributed by atoms with Gasteiger partial charge >= 0.3 is 0 Å². The van der Waals surface area contributed by atoms with Gasteiger partial charge in [0.05, 0.1) is 12.7 Å². The lowest BCUT2D eigenvalue weighted by Crippen LogP contribution is -2.52. The van der Waals surface area contributed by atoms with E-state index in [2.05, 4.69) is 33.0 Å². The number of rotatable bonds is 5. The summed E-state index contributed by atoms with van der Waals surface area (Å²) < 4.78 is 11.6. The maximum absolute atomic E-state index is 5.99. The highest BCUT2D eigenvalue weighted by Gasteiger charge is 2.37. The van der Waals surface area contributed by atoms with Crippen molar-refractivity contribution in [3.8, 4) is 0 Å². The standard InChI is InChI=1S/C14H29NO2/c1-6-17-13(14(2,3)4)12(15-5)11-8-7-9-16-10-11/h11-13,15H,6-10H2,1-5H3. The first-order valence-electron chi connectivity index (χ1n) is 6.87. The largest absolute Gasteiger partial charge is 0.381 e. The Labute approximate surface area is 106 Å². The Morgan fingerprint density at radius 2 is 2.12 bits per heavy atom. The number of ether oxygens (including phenoxy) is 2. The van der Waals surface area contributed by atoms with Crippen LogP contribution in [0.3, 0.4) is 0 Å². The molecule has 1 aliphatic rings. The van der Waals surface area contributed by atoms with Crippen LogP contribution in [0.25, 0.3) is 0 Å². The van der Waals surface area contributed by atoms with Crippen molar-refractivity contribution in [1.82, 2.24) is 5.32 Å². The van der Waals surface area contributed by atoms with Gasteiger partial charge in [0.15, 0.2) is 0 Å². The predicted molar refractivity (Wildman–Crippen MR) is 71.3 cm³/mol. The van der Waals surface area contributed by atoms with E-state index in [1.807, 2.05) is 7.05 Å². The first-order valence-corrected chi connectivity index (χ1v) is 6.87. The number of nitrogens with one attached hydrogen (secondary N) is 1. The summed E-state index contributed by atoms with van der Waals surface area (Å²) in [6.07, 6.45) is 2.65. The SMILES string of the molecule is CCOC(C(NC)C1CCCOC1)C(C)(C)C. The Morgan fingerprint density at radius 1 is 1.41 bits per heavy atom. The molecule has 0 bridgehead atoms. The quantitative estimate of drug-likeness (QED) is 0.804. The van der Waals surface area contributed by atoms with Crippen molar-refractivity contribution in [3.63, 3.8) is 0 Å². The van der Waals surface area contributed by atoms with Gasteiger partial charge in [-0.2, -0.15) is 0 Å². The van der Waals surface area contributed by atoms with Crippen molar-refractivity contribution in [2.24, 2.45) is 11.3 Å². The molecule has 0 aromatic heterocycles. The minimum Gasteiger partial charge on any atom is -0.381 e. The van der Waals surface area contributed by atoms with Crippen molar-refractivity contribution in [2.45, 2.75) is 52.7 Å². The molecule has 1 rings (SSSR count). The third-order valence-corrected chi connectivity index (χ3v) is 3.56. The van der Waals surface area contributed by atoms with Gasteiger partial charge in [-0.25, -0.2) is 0 Å². The molecule has 1 heterocycles. The van der Waals surface area contributed by atoms with Gasteiger partial charge in [0.25, 0.3) is 0 Å². The first kappa shape index (κ1) is 14.9. The third-order valence-electron chi connectivity index (χ3n) is 3.56. The number of likely N-dealkylation sites (N-methyl/N-ethyl adjacent to an activating group) is 1. The number of hydrogen-bond acceptors (Lipinski definition) is 3. The second-order valence-corrected chi connectivity index (χ2v) is 6.03. The molecule has 0 aromatic carbocycles. The molecule has 1 N–H and O–H groups in total. The van der Waals surface area contributed by atoms with E-state index in [-0.39, 0.29) is 11.5 Å². The van der Waals surface area contributed by atoms with Gasteiger partial charge in [0.2, 0.25) is 0 Å². The van der Waals surface area contributed by atoms with E-state index in [4.69, 9.17) is 9.47 Å². The van der Waals surface area contributed by atoms with E-state index in [1.54, 1.807) is 0 Å². The van der Waals surface area contributed by atoms with Crippen LogP contribution in [-0.4, -0.2) is 39.0 Å². The lowest BCUT2D eigenvalue weighted by Gasteiger charge is -2.41. The van der Waals surface area contributed by atoms with Gasteiger partial charge in [-0.05, 0) is 32.2 Å². The van der Waals surface area contributed by atoms with Crippen molar-refractivity contribution in [1.29, 1.82) is 0 Å². The van der Waals surface area contributed by atoms with Gasteiger partial charge in [-0.1, -0.05) is 20.8 Å². The summed E-state index contributed by atoms with van der Waals surface area (Å²) in [6, 6.07) is 0.384. The van der Waals surface area contributed by atoms with Crippen molar-refractivity contribution < 1.29 is 9.47 Å². The molecule has 0 saturated carbocycles. The van der Waals surface area contributed by atoms with Crippen LogP contribution >= 0.6 is 0 Å². The Morgan fingerprint density at radius 3 is 2.53 bits per heavy atom. The minimum atomic E-state index is 0.154. The van der Waals surface area contributed by atoms with Crippen molar-refractivity contribution in [3.05, 3.63) is 0 Å². The predicted octanol–water partition coefficient (Wildman–Crippen LogP) is 2.45. The monoisotopic (exact) mass is 243 g/mol. The molecular formula is C14H29NO2. The third kappa shape index (κ3) is 4.23.